The van der Waals surface area contributed by atoms with Crippen molar-refractivity contribution in [2.24, 2.45) is 0 Å². The predicted molar refractivity (Wildman–Crippen MR) is 126 cm³/mol. The van der Waals surface area contributed by atoms with E-state index in [-0.39, 0.29) is 65.8 Å². The molecule has 0 aromatic heterocycles. The average Bonchev–Trinajstić information content (AvgIpc) is 2.44. The summed E-state index contributed by atoms with van der Waals surface area (Å²) in [5, 5.41) is 0. The maximum absolute atomic E-state index is 7.25. The summed E-state index contributed by atoms with van der Waals surface area (Å²) < 4.78 is 0. The zero-order chi connectivity index (χ0) is 22.3. The van der Waals surface area contributed by atoms with Gasteiger partial charge >= 0.3 is 0 Å². The summed E-state index contributed by atoms with van der Waals surface area (Å²) in [5.74, 6) is 0. The van der Waals surface area contributed by atoms with Crippen LogP contribution in [-0.2, 0) is 34.1 Å². The number of hydrogen-bond acceptors (Lipinski definition) is 4. The van der Waals surface area contributed by atoms with E-state index in [1.54, 1.807) is 0 Å². The Kier molecular flexibility index (Phi) is 232. The van der Waals surface area contributed by atoms with Crippen molar-refractivity contribution in [3.63, 3.8) is 0 Å². The zero-order valence-electron chi connectivity index (χ0n) is 18.1. The van der Waals surface area contributed by atoms with E-state index in [0.717, 1.165) is 0 Å². The van der Waals surface area contributed by atoms with Crippen molar-refractivity contribution in [1.82, 2.24) is 22.4 Å². The topological polar surface area (TPSA) is 157 Å². The van der Waals surface area contributed by atoms with Crippen LogP contribution in [0.25, 0.3) is 0 Å². The molecule has 0 aliphatic heterocycles. The normalized spacial score (nSPS) is 6.15. The molecule has 0 aromatic rings. The molecule has 0 heterocycles. The Morgan fingerprint density at radius 2 is 0.308 bits per heavy atom. The fraction of sp³-hybridized carbons (Fsp3) is 1.00. The number of hydrogen-bond donors (Lipinski definition) is 0. The Bertz CT molecular complexity index is 130. The molecular weight excluding hydrogens is 500 g/mol. The summed E-state index contributed by atoms with van der Waals surface area (Å²) in [5.41, 5.74) is 23.0. The van der Waals surface area contributed by atoms with Gasteiger partial charge in [0.1, 0.15) is 22.4 Å². The second-order valence-electron chi connectivity index (χ2n) is 6.00. The second kappa shape index (κ2) is 95.6. The fourth-order valence-corrected chi connectivity index (χ4v) is 0. The average molecular weight is 540 g/mol. The van der Waals surface area contributed by atoms with Crippen molar-refractivity contribution in [3.8, 4) is 0 Å². The number of nitroso groups, excluding NO2 is 4. The molecule has 0 aliphatic rings. The van der Waals surface area contributed by atoms with Crippen LogP contribution in [-0.4, -0.2) is 80.0 Å². The minimum absolute atomic E-state index is 0. The molecule has 0 saturated heterocycles. The maximum Gasteiger partial charge on any atom is 0.120 e. The summed E-state index contributed by atoms with van der Waals surface area (Å²) in [6.07, 6.45) is 0. The van der Waals surface area contributed by atoms with Crippen molar-refractivity contribution in [2.45, 2.75) is 0 Å². The zero-order valence-corrected chi connectivity index (χ0v) is 24.3. The summed E-state index contributed by atoms with van der Waals surface area (Å²) in [6.45, 7) is 27.2. The molecule has 0 atom stereocenters. The van der Waals surface area contributed by atoms with Crippen LogP contribution in [0.1, 0.15) is 0 Å². The molecule has 4 radical (unpaired) electrons. The van der Waals surface area contributed by atoms with Crippen LogP contribution in [0.4, 0.5) is 0 Å². The second-order valence-corrected chi connectivity index (χ2v) is 18.0. The predicted octanol–water partition coefficient (Wildman–Crippen LogP) is 2.57. The first kappa shape index (κ1) is 63.1. The van der Waals surface area contributed by atoms with E-state index in [1.807, 2.05) is 0 Å². The SMILES string of the molecule is C[PH+](C)C.C[PH+](C)C.C[PH+](C)C.C[PH+](C)C.[Fe].[Fe].[N]=O.[N]=O.[N]=O.[N]=O. The molecule has 0 bridgehead atoms. The van der Waals surface area contributed by atoms with Gasteiger partial charge in [-0.25, -0.2) is 0 Å². The molecule has 14 heteroatoms. The minimum Gasteiger partial charge on any atom is -0.120 e. The third-order valence-corrected chi connectivity index (χ3v) is 0. The molecule has 0 unspecified atom stereocenters. The van der Waals surface area contributed by atoms with Crippen LogP contribution in [0, 0.1) is 19.6 Å². The van der Waals surface area contributed by atoms with Gasteiger partial charge in [-0.05, 0) is 31.7 Å². The van der Waals surface area contributed by atoms with E-state index in [9.17, 15) is 0 Å². The Hall–Kier alpha value is 1.16. The van der Waals surface area contributed by atoms with Crippen LogP contribution in [0.2, 0.25) is 0 Å². The van der Waals surface area contributed by atoms with Gasteiger partial charge in [0.15, 0.2) is 0 Å². The first-order valence-electron chi connectivity index (χ1n) is 6.73. The van der Waals surface area contributed by atoms with Crippen molar-refractivity contribution < 1.29 is 34.1 Å². The van der Waals surface area contributed by atoms with Gasteiger partial charge in [-0.15, -0.1) is 19.6 Å². The van der Waals surface area contributed by atoms with Crippen LogP contribution in [0.15, 0.2) is 0 Å². The number of rotatable bonds is 0. The molecule has 0 rings (SSSR count). The molecule has 8 nitrogen and oxygen atoms in total. The quantitative estimate of drug-likeness (QED) is 0.342. The van der Waals surface area contributed by atoms with Gasteiger partial charge in [0.05, 0.1) is 0 Å². The molecule has 0 spiro atoms. The molecule has 0 aromatic carbocycles. The van der Waals surface area contributed by atoms with Crippen molar-refractivity contribution >= 4 is 31.7 Å². The van der Waals surface area contributed by atoms with E-state index in [1.165, 1.54) is 0 Å². The van der Waals surface area contributed by atoms with Crippen molar-refractivity contribution in [1.29, 1.82) is 0 Å². The van der Waals surface area contributed by atoms with Crippen LogP contribution in [0.5, 0.6) is 0 Å². The van der Waals surface area contributed by atoms with Crippen LogP contribution < -0.4 is 22.4 Å². The Morgan fingerprint density at radius 1 is 0.308 bits per heavy atom. The Morgan fingerprint density at radius 3 is 0.308 bits per heavy atom. The van der Waals surface area contributed by atoms with E-state index in [2.05, 4.69) is 80.0 Å². The molecule has 0 fully saturated rings. The summed E-state index contributed by atoms with van der Waals surface area (Å²) in [7, 11) is 0.481. The summed E-state index contributed by atoms with van der Waals surface area (Å²) in [4.78, 5) is 29.0. The summed E-state index contributed by atoms with van der Waals surface area (Å²) in [6, 6.07) is 0. The molecule has 0 saturated carbocycles. The first-order valence-corrected chi connectivity index (χ1v) is 18.7. The van der Waals surface area contributed by atoms with Crippen LogP contribution >= 0.6 is 31.7 Å². The van der Waals surface area contributed by atoms with Crippen LogP contribution in [0.3, 0.4) is 0 Å². The van der Waals surface area contributed by atoms with Crippen molar-refractivity contribution in [3.05, 3.63) is 19.6 Å². The minimum atomic E-state index is 0. The molecule has 0 aliphatic carbocycles. The van der Waals surface area contributed by atoms with E-state index < -0.39 is 0 Å². The first-order chi connectivity index (χ1) is 10.9. The van der Waals surface area contributed by atoms with E-state index in [4.69, 9.17) is 42.0 Å². The molecule has 26 heavy (non-hydrogen) atoms. The van der Waals surface area contributed by atoms with Gasteiger partial charge in [-0.3, -0.25) is 0 Å². The molecule has 0 amide bonds. The fourth-order valence-electron chi connectivity index (χ4n) is 0. The monoisotopic (exact) mass is 540 g/mol. The number of nitrogens with zero attached hydrogens (tertiary/aromatic N) is 4. The largest absolute Gasteiger partial charge is 0.120 e. The van der Waals surface area contributed by atoms with Gasteiger partial charge in [0.25, 0.3) is 0 Å². The summed E-state index contributed by atoms with van der Waals surface area (Å²) >= 11 is 0. The standard InChI is InChI=1S/4C3H9P.2Fe.4NO/c4*1-4(2)3;;;4*1-2/h4*1-3H3;;;;;;/p+4. The van der Waals surface area contributed by atoms with Gasteiger partial charge < -0.3 is 0 Å². The van der Waals surface area contributed by atoms with Gasteiger partial charge in [0.2, 0.25) is 0 Å². The van der Waals surface area contributed by atoms with E-state index >= 15 is 0 Å². The maximum atomic E-state index is 7.25. The van der Waals surface area contributed by atoms with Crippen molar-refractivity contribution in [2.75, 3.05) is 80.0 Å². The Balaban J connectivity index is -0.0000000142. The third kappa shape index (κ3) is 10900. The van der Waals surface area contributed by atoms with Gasteiger partial charge in [-0.2, -0.15) is 0 Å². The van der Waals surface area contributed by atoms with Gasteiger partial charge in [-0.1, -0.05) is 0 Å². The van der Waals surface area contributed by atoms with Gasteiger partial charge in [0, 0.05) is 114 Å². The smallest absolute Gasteiger partial charge is 0.120 e. The molecule has 0 N–H and O–H groups in total. The third-order valence-electron chi connectivity index (χ3n) is 0. The molecule has 164 valence electrons. The molecular formula is C12H40Fe2N4O4P4+4. The Labute approximate surface area is 187 Å². The van der Waals surface area contributed by atoms with E-state index in [0.29, 0.717) is 0 Å².